The Morgan fingerprint density at radius 3 is 2.52 bits per heavy atom. The molecule has 0 radical (unpaired) electrons. The van der Waals surface area contributed by atoms with E-state index >= 15 is 0 Å². The van der Waals surface area contributed by atoms with Gasteiger partial charge in [0, 0.05) is 23.4 Å². The zero-order valence-electron chi connectivity index (χ0n) is 13.1. The molecule has 0 amide bonds. The first kappa shape index (κ1) is 15.4. The smallest absolute Gasteiger partial charge is 0.162 e. The highest BCUT2D eigenvalue weighted by Crippen LogP contribution is 2.25. The van der Waals surface area contributed by atoms with Gasteiger partial charge in [-0.05, 0) is 50.5 Å². The van der Waals surface area contributed by atoms with E-state index in [1.807, 2.05) is 13.8 Å². The summed E-state index contributed by atoms with van der Waals surface area (Å²) in [5.41, 5.74) is 3.85. The number of nitrogens with one attached hydrogen (secondary N) is 1. The van der Waals surface area contributed by atoms with Crippen molar-refractivity contribution in [3.8, 4) is 11.4 Å². The molecule has 0 atom stereocenters. The predicted octanol–water partition coefficient (Wildman–Crippen LogP) is 4.28. The Labute approximate surface area is 125 Å². The first-order valence-corrected chi connectivity index (χ1v) is 7.44. The van der Waals surface area contributed by atoms with E-state index in [1.54, 1.807) is 6.07 Å². The van der Waals surface area contributed by atoms with Gasteiger partial charge < -0.3 is 5.32 Å². The van der Waals surface area contributed by atoms with Crippen molar-refractivity contribution in [1.29, 1.82) is 0 Å². The number of hydrogen-bond acceptors (Lipinski definition) is 3. The Bertz CT molecular complexity index is 638. The quantitative estimate of drug-likeness (QED) is 0.891. The van der Waals surface area contributed by atoms with Crippen LogP contribution in [0.15, 0.2) is 18.2 Å². The molecule has 1 aromatic heterocycles. The van der Waals surface area contributed by atoms with Crippen LogP contribution in [-0.4, -0.2) is 16.5 Å². The van der Waals surface area contributed by atoms with E-state index in [2.05, 4.69) is 29.1 Å². The van der Waals surface area contributed by atoms with E-state index in [0.29, 0.717) is 5.82 Å². The summed E-state index contributed by atoms with van der Waals surface area (Å²) in [6, 6.07) is 4.71. The summed E-state index contributed by atoms with van der Waals surface area (Å²) in [7, 11) is 0. The normalized spacial score (nSPS) is 10.7. The molecule has 4 heteroatoms. The topological polar surface area (TPSA) is 37.8 Å². The van der Waals surface area contributed by atoms with Gasteiger partial charge >= 0.3 is 0 Å². The maximum absolute atomic E-state index is 13.3. The van der Waals surface area contributed by atoms with Gasteiger partial charge in [-0.25, -0.2) is 14.4 Å². The van der Waals surface area contributed by atoms with Crippen LogP contribution in [-0.2, 0) is 6.42 Å². The van der Waals surface area contributed by atoms with Crippen molar-refractivity contribution < 1.29 is 4.39 Å². The van der Waals surface area contributed by atoms with Gasteiger partial charge in [0.2, 0.25) is 0 Å². The number of aromatic nitrogens is 2. The lowest BCUT2D eigenvalue weighted by Crippen LogP contribution is -2.09. The van der Waals surface area contributed by atoms with Crippen molar-refractivity contribution in [2.45, 2.75) is 40.5 Å². The minimum atomic E-state index is -0.234. The van der Waals surface area contributed by atoms with Crippen molar-refractivity contribution in [3.05, 3.63) is 40.8 Å². The summed E-state index contributed by atoms with van der Waals surface area (Å²) < 4.78 is 13.3. The van der Waals surface area contributed by atoms with Crippen LogP contribution >= 0.6 is 0 Å². The molecule has 0 saturated heterocycles. The van der Waals surface area contributed by atoms with E-state index in [4.69, 9.17) is 0 Å². The number of halogens is 1. The van der Waals surface area contributed by atoms with E-state index in [1.165, 1.54) is 12.1 Å². The van der Waals surface area contributed by atoms with Gasteiger partial charge in [-0.3, -0.25) is 0 Å². The average Bonchev–Trinajstić information content (AvgIpc) is 2.44. The summed E-state index contributed by atoms with van der Waals surface area (Å²) in [5.74, 6) is 1.31. The fraction of sp³-hybridized carbons (Fsp3) is 0.412. The largest absolute Gasteiger partial charge is 0.370 e. The first-order valence-electron chi connectivity index (χ1n) is 7.44. The fourth-order valence-electron chi connectivity index (χ4n) is 2.41. The SMILES string of the molecule is CCCNc1nc(-c2ccc(F)cc2C)nc(C)c1CC. The van der Waals surface area contributed by atoms with E-state index in [-0.39, 0.29) is 5.82 Å². The summed E-state index contributed by atoms with van der Waals surface area (Å²) in [6.45, 7) is 8.98. The van der Waals surface area contributed by atoms with Crippen LogP contribution in [0.25, 0.3) is 11.4 Å². The summed E-state index contributed by atoms with van der Waals surface area (Å²) in [4.78, 5) is 9.26. The lowest BCUT2D eigenvalue weighted by Gasteiger charge is -2.14. The number of anilines is 1. The zero-order chi connectivity index (χ0) is 15.4. The number of nitrogens with zero attached hydrogens (tertiary/aromatic N) is 2. The van der Waals surface area contributed by atoms with Gasteiger partial charge in [0.05, 0.1) is 0 Å². The Balaban J connectivity index is 2.51. The van der Waals surface area contributed by atoms with E-state index in [0.717, 1.165) is 47.6 Å². The fourth-order valence-corrected chi connectivity index (χ4v) is 2.41. The second-order valence-corrected chi connectivity index (χ2v) is 5.20. The van der Waals surface area contributed by atoms with Crippen molar-refractivity contribution in [3.63, 3.8) is 0 Å². The van der Waals surface area contributed by atoms with Gasteiger partial charge in [0.15, 0.2) is 5.82 Å². The van der Waals surface area contributed by atoms with Crippen LogP contribution < -0.4 is 5.32 Å². The van der Waals surface area contributed by atoms with Crippen molar-refractivity contribution in [2.24, 2.45) is 0 Å². The molecule has 21 heavy (non-hydrogen) atoms. The number of hydrogen-bond donors (Lipinski definition) is 1. The maximum Gasteiger partial charge on any atom is 0.162 e. The van der Waals surface area contributed by atoms with Gasteiger partial charge in [0.25, 0.3) is 0 Å². The number of benzene rings is 1. The molecule has 1 aromatic carbocycles. The van der Waals surface area contributed by atoms with Gasteiger partial charge in [0.1, 0.15) is 11.6 Å². The molecular formula is C17H22FN3. The second-order valence-electron chi connectivity index (χ2n) is 5.20. The minimum absolute atomic E-state index is 0.234. The molecule has 0 saturated carbocycles. The molecule has 3 nitrogen and oxygen atoms in total. The third kappa shape index (κ3) is 3.38. The predicted molar refractivity (Wildman–Crippen MR) is 85.1 cm³/mol. The number of aryl methyl sites for hydroxylation is 2. The third-order valence-corrected chi connectivity index (χ3v) is 3.54. The van der Waals surface area contributed by atoms with Crippen LogP contribution in [0.2, 0.25) is 0 Å². The molecule has 1 heterocycles. The Morgan fingerprint density at radius 1 is 1.14 bits per heavy atom. The minimum Gasteiger partial charge on any atom is -0.370 e. The molecule has 0 aliphatic carbocycles. The highest BCUT2D eigenvalue weighted by atomic mass is 19.1. The van der Waals surface area contributed by atoms with Crippen LogP contribution in [0.5, 0.6) is 0 Å². The molecule has 0 aliphatic heterocycles. The van der Waals surface area contributed by atoms with E-state index in [9.17, 15) is 4.39 Å². The second kappa shape index (κ2) is 6.66. The van der Waals surface area contributed by atoms with Crippen molar-refractivity contribution in [1.82, 2.24) is 9.97 Å². The summed E-state index contributed by atoms with van der Waals surface area (Å²) >= 11 is 0. The molecule has 0 spiro atoms. The van der Waals surface area contributed by atoms with Crippen molar-refractivity contribution >= 4 is 5.82 Å². The van der Waals surface area contributed by atoms with Crippen LogP contribution in [0, 0.1) is 19.7 Å². The molecule has 1 N–H and O–H groups in total. The molecule has 0 aliphatic rings. The molecular weight excluding hydrogens is 265 g/mol. The average molecular weight is 287 g/mol. The lowest BCUT2D eigenvalue weighted by molar-refractivity contribution is 0.627. The Morgan fingerprint density at radius 2 is 1.90 bits per heavy atom. The standard InChI is InChI=1S/C17H22FN3/c1-5-9-19-16-14(6-2)12(4)20-17(21-16)15-8-7-13(18)10-11(15)3/h7-8,10H,5-6,9H2,1-4H3,(H,19,20,21). The van der Waals surface area contributed by atoms with Crippen LogP contribution in [0.4, 0.5) is 10.2 Å². The molecule has 112 valence electrons. The van der Waals surface area contributed by atoms with Crippen LogP contribution in [0.3, 0.4) is 0 Å². The highest BCUT2D eigenvalue weighted by molar-refractivity contribution is 5.63. The highest BCUT2D eigenvalue weighted by Gasteiger charge is 2.13. The summed E-state index contributed by atoms with van der Waals surface area (Å²) in [6.07, 6.45) is 1.93. The first-order chi connectivity index (χ1) is 10.1. The molecule has 2 rings (SSSR count). The van der Waals surface area contributed by atoms with Gasteiger partial charge in [-0.1, -0.05) is 13.8 Å². The zero-order valence-corrected chi connectivity index (χ0v) is 13.1. The third-order valence-electron chi connectivity index (χ3n) is 3.54. The lowest BCUT2D eigenvalue weighted by atomic mass is 10.1. The Kier molecular flexibility index (Phi) is 4.89. The summed E-state index contributed by atoms with van der Waals surface area (Å²) in [5, 5.41) is 3.37. The van der Waals surface area contributed by atoms with Crippen molar-refractivity contribution in [2.75, 3.05) is 11.9 Å². The van der Waals surface area contributed by atoms with E-state index < -0.39 is 0 Å². The molecule has 0 fully saturated rings. The molecule has 2 aromatic rings. The van der Waals surface area contributed by atoms with Gasteiger partial charge in [-0.2, -0.15) is 0 Å². The Hall–Kier alpha value is -1.97. The monoisotopic (exact) mass is 287 g/mol. The molecule has 0 bridgehead atoms. The number of rotatable bonds is 5. The maximum atomic E-state index is 13.3. The molecule has 0 unspecified atom stereocenters. The van der Waals surface area contributed by atoms with Crippen LogP contribution in [0.1, 0.15) is 37.1 Å². The van der Waals surface area contributed by atoms with Gasteiger partial charge in [-0.15, -0.1) is 0 Å².